The lowest BCUT2D eigenvalue weighted by atomic mass is 10.1. The first kappa shape index (κ1) is 13.9. The number of nitrogens with zero attached hydrogens (tertiary/aromatic N) is 1. The average Bonchev–Trinajstić information content (AvgIpc) is 2.41. The second-order valence-electron chi connectivity index (χ2n) is 4.85. The minimum Gasteiger partial charge on any atom is -0.507 e. The van der Waals surface area contributed by atoms with E-state index >= 15 is 0 Å². The van der Waals surface area contributed by atoms with Gasteiger partial charge >= 0.3 is 5.97 Å². The first-order chi connectivity index (χ1) is 9.41. The van der Waals surface area contributed by atoms with Gasteiger partial charge in [-0.15, -0.1) is 0 Å². The summed E-state index contributed by atoms with van der Waals surface area (Å²) in [7, 11) is 3.64. The normalized spacial score (nSPS) is 10.3. The molecule has 0 radical (unpaired) electrons. The molecular formula is C16H17NO3. The highest BCUT2D eigenvalue weighted by Crippen LogP contribution is 2.40. The van der Waals surface area contributed by atoms with Crippen LogP contribution >= 0.6 is 0 Å². The zero-order chi connectivity index (χ0) is 14.9. The predicted octanol–water partition coefficient (Wildman–Crippen LogP) is 3.09. The van der Waals surface area contributed by atoms with Crippen molar-refractivity contribution >= 4 is 22.4 Å². The SMILES string of the molecule is C=C(C)C(=O)Oc1c(N(C)C)cc(O)c2ccccc12. The van der Waals surface area contributed by atoms with E-state index in [-0.39, 0.29) is 5.75 Å². The average molecular weight is 271 g/mol. The molecular weight excluding hydrogens is 254 g/mol. The highest BCUT2D eigenvalue weighted by molar-refractivity contribution is 6.01. The van der Waals surface area contributed by atoms with Crippen LogP contribution in [0.1, 0.15) is 6.92 Å². The molecule has 0 aromatic heterocycles. The number of aromatic hydroxyl groups is 1. The van der Waals surface area contributed by atoms with Crippen LogP contribution in [-0.4, -0.2) is 25.2 Å². The lowest BCUT2D eigenvalue weighted by Crippen LogP contribution is -2.14. The smallest absolute Gasteiger partial charge is 0.338 e. The van der Waals surface area contributed by atoms with Crippen molar-refractivity contribution in [2.24, 2.45) is 0 Å². The van der Waals surface area contributed by atoms with Gasteiger partial charge in [0.25, 0.3) is 0 Å². The van der Waals surface area contributed by atoms with Gasteiger partial charge in [-0.1, -0.05) is 30.8 Å². The number of carbonyl (C=O) groups excluding carboxylic acids is 1. The van der Waals surface area contributed by atoms with E-state index in [2.05, 4.69) is 6.58 Å². The highest BCUT2D eigenvalue weighted by atomic mass is 16.5. The van der Waals surface area contributed by atoms with Gasteiger partial charge in [0.2, 0.25) is 0 Å². The van der Waals surface area contributed by atoms with E-state index in [0.29, 0.717) is 27.8 Å². The van der Waals surface area contributed by atoms with Crippen molar-refractivity contribution in [3.63, 3.8) is 0 Å². The number of carbonyl (C=O) groups is 1. The number of hydrogen-bond donors (Lipinski definition) is 1. The third-order valence-corrected chi connectivity index (χ3v) is 2.98. The summed E-state index contributed by atoms with van der Waals surface area (Å²) in [5.41, 5.74) is 0.961. The summed E-state index contributed by atoms with van der Waals surface area (Å²) >= 11 is 0. The van der Waals surface area contributed by atoms with Crippen LogP contribution in [0.25, 0.3) is 10.8 Å². The molecule has 2 rings (SSSR count). The maximum Gasteiger partial charge on any atom is 0.338 e. The highest BCUT2D eigenvalue weighted by Gasteiger charge is 2.17. The van der Waals surface area contributed by atoms with E-state index < -0.39 is 5.97 Å². The molecule has 0 saturated heterocycles. The number of fused-ring (bicyclic) bond motifs is 1. The Morgan fingerprint density at radius 2 is 1.85 bits per heavy atom. The van der Waals surface area contributed by atoms with Crippen LogP contribution in [0.4, 0.5) is 5.69 Å². The number of phenols is 1. The molecule has 1 N–H and O–H groups in total. The molecule has 0 amide bonds. The Morgan fingerprint density at radius 1 is 1.25 bits per heavy atom. The fourth-order valence-electron chi connectivity index (χ4n) is 1.93. The quantitative estimate of drug-likeness (QED) is 0.529. The van der Waals surface area contributed by atoms with Crippen LogP contribution in [0.15, 0.2) is 42.5 Å². The van der Waals surface area contributed by atoms with Crippen molar-refractivity contribution in [2.75, 3.05) is 19.0 Å². The Morgan fingerprint density at radius 3 is 2.40 bits per heavy atom. The molecule has 4 heteroatoms. The summed E-state index contributed by atoms with van der Waals surface area (Å²) < 4.78 is 5.45. The Kier molecular flexibility index (Phi) is 3.66. The van der Waals surface area contributed by atoms with Gasteiger partial charge in [-0.05, 0) is 6.92 Å². The number of benzene rings is 2. The first-order valence-electron chi connectivity index (χ1n) is 6.21. The van der Waals surface area contributed by atoms with Crippen LogP contribution in [0, 0.1) is 0 Å². The van der Waals surface area contributed by atoms with E-state index in [1.165, 1.54) is 0 Å². The maximum atomic E-state index is 11.8. The molecule has 0 aliphatic carbocycles. The number of hydrogen-bond acceptors (Lipinski definition) is 4. The van der Waals surface area contributed by atoms with Crippen molar-refractivity contribution in [1.29, 1.82) is 0 Å². The van der Waals surface area contributed by atoms with Crippen LogP contribution in [0.5, 0.6) is 11.5 Å². The molecule has 0 heterocycles. The van der Waals surface area contributed by atoms with Crippen molar-refractivity contribution in [3.8, 4) is 11.5 Å². The minimum atomic E-state index is -0.482. The molecule has 2 aromatic rings. The number of ether oxygens (including phenoxy) is 1. The fourth-order valence-corrected chi connectivity index (χ4v) is 1.93. The van der Waals surface area contributed by atoms with Gasteiger partial charge in [0.1, 0.15) is 5.75 Å². The lowest BCUT2D eigenvalue weighted by Gasteiger charge is -2.19. The van der Waals surface area contributed by atoms with Crippen LogP contribution < -0.4 is 9.64 Å². The largest absolute Gasteiger partial charge is 0.507 e. The zero-order valence-electron chi connectivity index (χ0n) is 11.8. The van der Waals surface area contributed by atoms with E-state index in [4.69, 9.17) is 4.74 Å². The Labute approximate surface area is 117 Å². The van der Waals surface area contributed by atoms with Gasteiger partial charge in [-0.2, -0.15) is 0 Å². The second kappa shape index (κ2) is 5.25. The molecule has 0 fully saturated rings. The monoisotopic (exact) mass is 271 g/mol. The van der Waals surface area contributed by atoms with E-state index in [9.17, 15) is 9.90 Å². The topological polar surface area (TPSA) is 49.8 Å². The zero-order valence-corrected chi connectivity index (χ0v) is 11.8. The Bertz CT molecular complexity index is 689. The summed E-state index contributed by atoms with van der Waals surface area (Å²) in [5.74, 6) is 0.0970. The number of esters is 1. The van der Waals surface area contributed by atoms with Crippen molar-refractivity contribution < 1.29 is 14.6 Å². The van der Waals surface area contributed by atoms with Gasteiger partial charge in [0, 0.05) is 36.5 Å². The molecule has 0 saturated carbocycles. The summed E-state index contributed by atoms with van der Waals surface area (Å²) in [5, 5.41) is 11.4. The third kappa shape index (κ3) is 2.45. The molecule has 104 valence electrons. The van der Waals surface area contributed by atoms with Crippen molar-refractivity contribution in [3.05, 3.63) is 42.5 Å². The molecule has 4 nitrogen and oxygen atoms in total. The van der Waals surface area contributed by atoms with Crippen molar-refractivity contribution in [1.82, 2.24) is 0 Å². The summed E-state index contributed by atoms with van der Waals surface area (Å²) in [6.07, 6.45) is 0. The molecule has 20 heavy (non-hydrogen) atoms. The molecule has 0 spiro atoms. The summed E-state index contributed by atoms with van der Waals surface area (Å²) in [6.45, 7) is 5.18. The molecule has 0 aliphatic heterocycles. The van der Waals surface area contributed by atoms with Gasteiger partial charge in [-0.25, -0.2) is 4.79 Å². The third-order valence-electron chi connectivity index (χ3n) is 2.98. The van der Waals surface area contributed by atoms with Gasteiger partial charge in [0.05, 0.1) is 5.69 Å². The molecule has 0 bridgehead atoms. The van der Waals surface area contributed by atoms with Crippen LogP contribution in [0.2, 0.25) is 0 Å². The summed E-state index contributed by atoms with van der Waals surface area (Å²) in [4.78, 5) is 13.6. The first-order valence-corrected chi connectivity index (χ1v) is 6.21. The maximum absolute atomic E-state index is 11.8. The van der Waals surface area contributed by atoms with Gasteiger partial charge in [0.15, 0.2) is 5.75 Å². The van der Waals surface area contributed by atoms with Gasteiger partial charge < -0.3 is 14.7 Å². The summed E-state index contributed by atoms with van der Waals surface area (Å²) in [6, 6.07) is 8.83. The standard InChI is InChI=1S/C16H17NO3/c1-10(2)16(19)20-15-12-8-6-5-7-11(12)14(18)9-13(15)17(3)4/h5-9,18H,1H2,2-4H3. The number of rotatable bonds is 3. The Balaban J connectivity index is 2.71. The Hall–Kier alpha value is -2.49. The number of phenolic OH excluding ortho intramolecular Hbond substituents is 1. The van der Waals surface area contributed by atoms with E-state index in [1.807, 2.05) is 32.3 Å². The predicted molar refractivity (Wildman–Crippen MR) is 80.4 cm³/mol. The molecule has 0 atom stereocenters. The van der Waals surface area contributed by atoms with Gasteiger partial charge in [-0.3, -0.25) is 0 Å². The molecule has 0 aliphatic rings. The van der Waals surface area contributed by atoms with Crippen molar-refractivity contribution in [2.45, 2.75) is 6.92 Å². The van der Waals surface area contributed by atoms with Crippen LogP contribution in [0.3, 0.4) is 0 Å². The van der Waals surface area contributed by atoms with E-state index in [0.717, 1.165) is 0 Å². The van der Waals surface area contributed by atoms with E-state index in [1.54, 1.807) is 24.0 Å². The minimum absolute atomic E-state index is 0.152. The van der Waals surface area contributed by atoms with Crippen LogP contribution in [-0.2, 0) is 4.79 Å². The molecule has 2 aromatic carbocycles. The lowest BCUT2D eigenvalue weighted by molar-refractivity contribution is -0.129. The second-order valence-corrected chi connectivity index (χ2v) is 4.85. The fraction of sp³-hybridized carbons (Fsp3) is 0.188. The molecule has 0 unspecified atom stereocenters. The number of anilines is 1.